The van der Waals surface area contributed by atoms with Crippen molar-refractivity contribution < 1.29 is 4.79 Å². The highest BCUT2D eigenvalue weighted by molar-refractivity contribution is 5.88. The zero-order chi connectivity index (χ0) is 14.3. The molecule has 19 heavy (non-hydrogen) atoms. The second-order valence-electron chi connectivity index (χ2n) is 7.83. The van der Waals surface area contributed by atoms with E-state index in [0.717, 1.165) is 25.7 Å². The number of ketones is 1. The Hall–Kier alpha value is -1.10. The number of carbonyl (C=O) groups excluding carboxylic acids is 1. The first kappa shape index (κ1) is 14.3. The van der Waals surface area contributed by atoms with Gasteiger partial charge in [0.25, 0.3) is 0 Å². The molecule has 0 saturated heterocycles. The smallest absolute Gasteiger partial charge is 0.139 e. The molecule has 0 unspecified atom stereocenters. The van der Waals surface area contributed by atoms with Gasteiger partial charge in [-0.2, -0.15) is 5.26 Å². The molecule has 3 fully saturated rings. The zero-order valence-corrected chi connectivity index (χ0v) is 12.6. The molecule has 3 rings (SSSR count). The van der Waals surface area contributed by atoms with Gasteiger partial charge in [0, 0.05) is 17.9 Å². The van der Waals surface area contributed by atoms with Gasteiger partial charge >= 0.3 is 0 Å². The fraction of sp³-hybridized carbons (Fsp3) is 0.765. The molecular weight excluding hydrogens is 234 g/mol. The highest BCUT2D eigenvalue weighted by atomic mass is 16.1. The molecule has 0 aliphatic heterocycles. The standard InChI is InChI=1S/C17H25NO/c1-13(2)16-10-17(11-16,12-16)14(19)9-15(3,4)7-5-6-8-18/h5-6,13H,7,9-12H2,1-4H3. The normalized spacial score (nSPS) is 32.8. The highest BCUT2D eigenvalue weighted by Crippen LogP contribution is 2.76. The Morgan fingerprint density at radius 1 is 1.37 bits per heavy atom. The van der Waals surface area contributed by atoms with E-state index in [0.29, 0.717) is 23.5 Å². The molecule has 3 aliphatic carbocycles. The van der Waals surface area contributed by atoms with Crippen molar-refractivity contribution in [3.8, 4) is 6.07 Å². The number of Topliss-reactive ketones (excluding diaryl/α,β-unsaturated/α-hetero) is 1. The average Bonchev–Trinajstić information content (AvgIpc) is 2.11. The van der Waals surface area contributed by atoms with Gasteiger partial charge in [-0.15, -0.1) is 0 Å². The quantitative estimate of drug-likeness (QED) is 0.668. The molecule has 0 amide bonds. The third-order valence-electron chi connectivity index (χ3n) is 5.39. The number of hydrogen-bond acceptors (Lipinski definition) is 2. The minimum absolute atomic E-state index is 0.0230. The number of nitrogens with zero attached hydrogens (tertiary/aromatic N) is 1. The van der Waals surface area contributed by atoms with Gasteiger partial charge in [-0.3, -0.25) is 4.79 Å². The van der Waals surface area contributed by atoms with Gasteiger partial charge < -0.3 is 0 Å². The number of carbonyl (C=O) groups is 1. The number of rotatable bonds is 6. The maximum atomic E-state index is 12.5. The van der Waals surface area contributed by atoms with Crippen molar-refractivity contribution >= 4 is 5.78 Å². The van der Waals surface area contributed by atoms with Crippen LogP contribution in [0.5, 0.6) is 0 Å². The van der Waals surface area contributed by atoms with Gasteiger partial charge in [0.05, 0.1) is 6.07 Å². The lowest BCUT2D eigenvalue weighted by Gasteiger charge is -2.72. The summed E-state index contributed by atoms with van der Waals surface area (Å²) in [4.78, 5) is 12.5. The van der Waals surface area contributed by atoms with Crippen LogP contribution in [0.1, 0.15) is 59.8 Å². The molecule has 2 heteroatoms. The second-order valence-corrected chi connectivity index (χ2v) is 7.83. The van der Waals surface area contributed by atoms with E-state index < -0.39 is 0 Å². The molecule has 0 aromatic carbocycles. The van der Waals surface area contributed by atoms with Crippen molar-refractivity contribution in [3.05, 3.63) is 12.2 Å². The first-order chi connectivity index (χ1) is 8.75. The van der Waals surface area contributed by atoms with Crippen LogP contribution in [0.4, 0.5) is 0 Å². The van der Waals surface area contributed by atoms with Gasteiger partial charge in [0.15, 0.2) is 0 Å². The van der Waals surface area contributed by atoms with Gasteiger partial charge in [-0.05, 0) is 42.4 Å². The molecule has 104 valence electrons. The lowest BCUT2D eigenvalue weighted by molar-refractivity contribution is -0.224. The van der Waals surface area contributed by atoms with Gasteiger partial charge in [-0.25, -0.2) is 0 Å². The van der Waals surface area contributed by atoms with Crippen molar-refractivity contribution in [2.75, 3.05) is 0 Å². The Bertz CT molecular complexity index is 431. The third-order valence-corrected chi connectivity index (χ3v) is 5.39. The molecule has 3 saturated carbocycles. The Morgan fingerprint density at radius 2 is 1.95 bits per heavy atom. The Morgan fingerprint density at radius 3 is 2.42 bits per heavy atom. The van der Waals surface area contributed by atoms with Crippen molar-refractivity contribution in [2.24, 2.45) is 22.2 Å². The molecule has 0 radical (unpaired) electrons. The summed E-state index contributed by atoms with van der Waals surface area (Å²) in [6, 6.07) is 2.01. The van der Waals surface area contributed by atoms with E-state index in [9.17, 15) is 4.79 Å². The van der Waals surface area contributed by atoms with E-state index in [-0.39, 0.29) is 10.8 Å². The van der Waals surface area contributed by atoms with Crippen molar-refractivity contribution in [3.63, 3.8) is 0 Å². The minimum atomic E-state index is -0.0230. The van der Waals surface area contributed by atoms with Crippen LogP contribution < -0.4 is 0 Å². The molecule has 0 heterocycles. The van der Waals surface area contributed by atoms with Crippen LogP contribution in [-0.4, -0.2) is 5.78 Å². The Balaban J connectivity index is 1.87. The van der Waals surface area contributed by atoms with E-state index in [4.69, 9.17) is 5.26 Å². The number of nitriles is 1. The van der Waals surface area contributed by atoms with Gasteiger partial charge in [0.2, 0.25) is 0 Å². The maximum absolute atomic E-state index is 12.5. The number of hydrogen-bond donors (Lipinski definition) is 0. The minimum Gasteiger partial charge on any atom is -0.299 e. The fourth-order valence-electron chi connectivity index (χ4n) is 3.90. The SMILES string of the molecule is CC(C)C12CC(C(=O)CC(C)(C)CC=CC#N)(C1)C2. The van der Waals surface area contributed by atoms with Gasteiger partial charge in [-0.1, -0.05) is 33.8 Å². The van der Waals surface area contributed by atoms with E-state index in [2.05, 4.69) is 27.7 Å². The van der Waals surface area contributed by atoms with Crippen molar-refractivity contribution in [1.29, 1.82) is 5.26 Å². The maximum Gasteiger partial charge on any atom is 0.139 e. The highest BCUT2D eigenvalue weighted by Gasteiger charge is 2.71. The third kappa shape index (κ3) is 2.36. The van der Waals surface area contributed by atoms with Crippen LogP contribution in [-0.2, 0) is 4.79 Å². The van der Waals surface area contributed by atoms with E-state index >= 15 is 0 Å². The zero-order valence-electron chi connectivity index (χ0n) is 12.6. The summed E-state index contributed by atoms with van der Waals surface area (Å²) in [7, 11) is 0. The van der Waals surface area contributed by atoms with Crippen LogP contribution in [0.15, 0.2) is 12.2 Å². The Labute approximate surface area is 116 Å². The fourth-order valence-corrected chi connectivity index (χ4v) is 3.90. The molecule has 3 aliphatic rings. The molecular formula is C17H25NO. The van der Waals surface area contributed by atoms with Gasteiger partial charge in [0.1, 0.15) is 5.78 Å². The molecule has 2 nitrogen and oxygen atoms in total. The summed E-state index contributed by atoms with van der Waals surface area (Å²) >= 11 is 0. The van der Waals surface area contributed by atoms with Crippen LogP contribution in [0.3, 0.4) is 0 Å². The van der Waals surface area contributed by atoms with E-state index in [1.165, 1.54) is 6.08 Å². The summed E-state index contributed by atoms with van der Waals surface area (Å²) in [5.41, 5.74) is 0.520. The van der Waals surface area contributed by atoms with E-state index in [1.807, 2.05) is 12.1 Å². The van der Waals surface area contributed by atoms with E-state index in [1.54, 1.807) is 0 Å². The predicted molar refractivity (Wildman–Crippen MR) is 76.3 cm³/mol. The average molecular weight is 259 g/mol. The molecule has 0 N–H and O–H groups in total. The first-order valence-corrected chi connectivity index (χ1v) is 7.33. The predicted octanol–water partition coefficient (Wildman–Crippen LogP) is 4.27. The van der Waals surface area contributed by atoms with Crippen LogP contribution in [0.25, 0.3) is 0 Å². The largest absolute Gasteiger partial charge is 0.299 e. The lowest BCUT2D eigenvalue weighted by atomic mass is 9.31. The lowest BCUT2D eigenvalue weighted by Crippen LogP contribution is -2.67. The van der Waals surface area contributed by atoms with Crippen LogP contribution >= 0.6 is 0 Å². The summed E-state index contributed by atoms with van der Waals surface area (Å²) in [5.74, 6) is 1.18. The van der Waals surface area contributed by atoms with Crippen molar-refractivity contribution in [2.45, 2.75) is 59.8 Å². The van der Waals surface area contributed by atoms with Crippen LogP contribution in [0.2, 0.25) is 0 Å². The summed E-state index contributed by atoms with van der Waals surface area (Å²) in [6.07, 6.45) is 8.22. The summed E-state index contributed by atoms with van der Waals surface area (Å²) < 4.78 is 0. The topological polar surface area (TPSA) is 40.9 Å². The van der Waals surface area contributed by atoms with Crippen LogP contribution in [0, 0.1) is 33.5 Å². The first-order valence-electron chi connectivity index (χ1n) is 7.33. The summed E-state index contributed by atoms with van der Waals surface area (Å²) in [6.45, 7) is 8.81. The molecule has 0 spiro atoms. The Kier molecular flexibility index (Phi) is 3.37. The number of allylic oxidation sites excluding steroid dienone is 2. The molecule has 0 aromatic rings. The molecule has 0 aromatic heterocycles. The van der Waals surface area contributed by atoms with Crippen molar-refractivity contribution in [1.82, 2.24) is 0 Å². The summed E-state index contributed by atoms with van der Waals surface area (Å²) in [5, 5.41) is 8.50. The second kappa shape index (κ2) is 4.47. The molecule has 0 atom stereocenters. The molecule has 2 bridgehead atoms. The monoisotopic (exact) mass is 259 g/mol.